The van der Waals surface area contributed by atoms with Crippen LogP contribution in [0.2, 0.25) is 0 Å². The second-order valence-corrected chi connectivity index (χ2v) is 6.51. The maximum atomic E-state index is 3.64. The Morgan fingerprint density at radius 3 is 2.76 bits per heavy atom. The average Bonchev–Trinajstić information content (AvgIpc) is 2.56. The quantitative estimate of drug-likeness (QED) is 0.768. The van der Waals surface area contributed by atoms with Crippen LogP contribution in [0.15, 0.2) is 0 Å². The molecule has 3 unspecified atom stereocenters. The summed E-state index contributed by atoms with van der Waals surface area (Å²) >= 11 is 0. The molecule has 1 heteroatoms. The van der Waals surface area contributed by atoms with Crippen molar-refractivity contribution in [1.29, 1.82) is 0 Å². The lowest BCUT2D eigenvalue weighted by Gasteiger charge is -2.45. The molecule has 2 rings (SSSR count). The van der Waals surface area contributed by atoms with Crippen molar-refractivity contribution in [3.05, 3.63) is 0 Å². The third-order valence-corrected chi connectivity index (χ3v) is 5.61. The lowest BCUT2D eigenvalue weighted by molar-refractivity contribution is 0.0778. The molecule has 1 aliphatic carbocycles. The van der Waals surface area contributed by atoms with Gasteiger partial charge in [0.25, 0.3) is 0 Å². The summed E-state index contributed by atoms with van der Waals surface area (Å²) in [5, 5.41) is 3.64. The minimum atomic E-state index is 0.727. The van der Waals surface area contributed by atoms with E-state index in [1.807, 2.05) is 0 Å². The summed E-state index contributed by atoms with van der Waals surface area (Å²) in [6.07, 6.45) is 13.2. The van der Waals surface area contributed by atoms with Crippen LogP contribution in [0.1, 0.15) is 71.6 Å². The van der Waals surface area contributed by atoms with Gasteiger partial charge < -0.3 is 5.32 Å². The first-order chi connectivity index (χ1) is 8.30. The molecule has 1 nitrogen and oxygen atoms in total. The Morgan fingerprint density at radius 2 is 2.00 bits per heavy atom. The zero-order valence-corrected chi connectivity index (χ0v) is 11.9. The van der Waals surface area contributed by atoms with Crippen LogP contribution in [-0.4, -0.2) is 13.1 Å². The molecule has 1 saturated heterocycles. The summed E-state index contributed by atoms with van der Waals surface area (Å²) in [5.74, 6) is 2.00. The molecule has 2 fully saturated rings. The number of rotatable bonds is 3. The highest BCUT2D eigenvalue weighted by atomic mass is 14.9. The molecule has 1 spiro atoms. The summed E-state index contributed by atoms with van der Waals surface area (Å²) in [7, 11) is 0. The monoisotopic (exact) mass is 237 g/mol. The average molecular weight is 237 g/mol. The SMILES string of the molecule is CCCC1CNCCC12CCCC(CC)CC2. The predicted molar refractivity (Wildman–Crippen MR) is 75.2 cm³/mol. The van der Waals surface area contributed by atoms with Gasteiger partial charge in [0.1, 0.15) is 0 Å². The van der Waals surface area contributed by atoms with Gasteiger partial charge in [-0.15, -0.1) is 0 Å². The molecule has 0 aromatic carbocycles. The van der Waals surface area contributed by atoms with Gasteiger partial charge in [0.15, 0.2) is 0 Å². The molecule has 100 valence electrons. The maximum absolute atomic E-state index is 3.64. The first kappa shape index (κ1) is 13.4. The van der Waals surface area contributed by atoms with Gasteiger partial charge in [0, 0.05) is 0 Å². The third-order valence-electron chi connectivity index (χ3n) is 5.61. The topological polar surface area (TPSA) is 12.0 Å². The van der Waals surface area contributed by atoms with E-state index in [1.54, 1.807) is 0 Å². The highest BCUT2D eigenvalue weighted by Crippen LogP contribution is 2.48. The van der Waals surface area contributed by atoms with Gasteiger partial charge in [-0.05, 0) is 62.4 Å². The largest absolute Gasteiger partial charge is 0.316 e. The Balaban J connectivity index is 2.03. The van der Waals surface area contributed by atoms with Gasteiger partial charge in [-0.2, -0.15) is 0 Å². The number of nitrogens with one attached hydrogen (secondary N) is 1. The zero-order valence-electron chi connectivity index (χ0n) is 11.9. The van der Waals surface area contributed by atoms with Crippen LogP contribution in [0.3, 0.4) is 0 Å². The maximum Gasteiger partial charge on any atom is -0.00152 e. The molecule has 0 radical (unpaired) electrons. The molecule has 0 aromatic heterocycles. The van der Waals surface area contributed by atoms with Gasteiger partial charge in [-0.1, -0.05) is 39.5 Å². The van der Waals surface area contributed by atoms with E-state index in [2.05, 4.69) is 19.2 Å². The molecule has 3 atom stereocenters. The van der Waals surface area contributed by atoms with E-state index in [-0.39, 0.29) is 0 Å². The Kier molecular flexibility index (Phi) is 4.90. The van der Waals surface area contributed by atoms with Crippen molar-refractivity contribution < 1.29 is 0 Å². The molecule has 2 aliphatic rings. The molecule has 0 bridgehead atoms. The van der Waals surface area contributed by atoms with Crippen molar-refractivity contribution in [2.45, 2.75) is 71.6 Å². The fourth-order valence-corrected chi connectivity index (χ4v) is 4.36. The van der Waals surface area contributed by atoms with E-state index in [0.29, 0.717) is 0 Å². The fraction of sp³-hybridized carbons (Fsp3) is 1.00. The van der Waals surface area contributed by atoms with E-state index in [1.165, 1.54) is 70.9 Å². The molecule has 1 heterocycles. The van der Waals surface area contributed by atoms with Crippen molar-refractivity contribution in [2.24, 2.45) is 17.3 Å². The van der Waals surface area contributed by atoms with E-state index >= 15 is 0 Å². The van der Waals surface area contributed by atoms with Crippen molar-refractivity contribution in [2.75, 3.05) is 13.1 Å². The van der Waals surface area contributed by atoms with Gasteiger partial charge in [-0.3, -0.25) is 0 Å². The Labute approximate surface area is 108 Å². The van der Waals surface area contributed by atoms with Crippen molar-refractivity contribution >= 4 is 0 Å². The van der Waals surface area contributed by atoms with E-state index < -0.39 is 0 Å². The van der Waals surface area contributed by atoms with Crippen LogP contribution in [0.25, 0.3) is 0 Å². The smallest absolute Gasteiger partial charge is 0.00152 e. The predicted octanol–water partition coefficient (Wildman–Crippen LogP) is 4.37. The van der Waals surface area contributed by atoms with Gasteiger partial charge in [0.2, 0.25) is 0 Å². The van der Waals surface area contributed by atoms with E-state index in [9.17, 15) is 0 Å². The van der Waals surface area contributed by atoms with E-state index in [4.69, 9.17) is 0 Å². The number of hydrogen-bond donors (Lipinski definition) is 1. The van der Waals surface area contributed by atoms with Gasteiger partial charge >= 0.3 is 0 Å². The summed E-state index contributed by atoms with van der Waals surface area (Å²) in [4.78, 5) is 0. The lowest BCUT2D eigenvalue weighted by atomic mass is 9.64. The van der Waals surface area contributed by atoms with Crippen LogP contribution in [0.4, 0.5) is 0 Å². The number of hydrogen-bond acceptors (Lipinski definition) is 1. The molecule has 17 heavy (non-hydrogen) atoms. The molecule has 1 aliphatic heterocycles. The second kappa shape index (κ2) is 6.22. The fourth-order valence-electron chi connectivity index (χ4n) is 4.36. The van der Waals surface area contributed by atoms with Crippen molar-refractivity contribution in [3.63, 3.8) is 0 Å². The second-order valence-electron chi connectivity index (χ2n) is 6.51. The van der Waals surface area contributed by atoms with Crippen LogP contribution in [-0.2, 0) is 0 Å². The number of piperidine rings is 1. The first-order valence-corrected chi connectivity index (χ1v) is 8.01. The highest BCUT2D eigenvalue weighted by Gasteiger charge is 2.40. The van der Waals surface area contributed by atoms with Crippen LogP contribution >= 0.6 is 0 Å². The van der Waals surface area contributed by atoms with Gasteiger partial charge in [0.05, 0.1) is 0 Å². The van der Waals surface area contributed by atoms with Crippen LogP contribution in [0, 0.1) is 17.3 Å². The lowest BCUT2D eigenvalue weighted by Crippen LogP contribution is -2.45. The summed E-state index contributed by atoms with van der Waals surface area (Å²) < 4.78 is 0. The Hall–Kier alpha value is -0.0400. The van der Waals surface area contributed by atoms with Crippen molar-refractivity contribution in [1.82, 2.24) is 5.32 Å². The summed E-state index contributed by atoms with van der Waals surface area (Å²) in [5.41, 5.74) is 0.727. The van der Waals surface area contributed by atoms with Crippen LogP contribution < -0.4 is 5.32 Å². The minimum Gasteiger partial charge on any atom is -0.316 e. The molecule has 0 amide bonds. The molecule has 1 N–H and O–H groups in total. The standard InChI is InChI=1S/C16H31N/c1-3-6-15-13-17-12-11-16(15)9-5-7-14(4-2)8-10-16/h14-15,17H,3-13H2,1-2H3. The minimum absolute atomic E-state index is 0.727. The Bertz CT molecular complexity index is 224. The van der Waals surface area contributed by atoms with Crippen LogP contribution in [0.5, 0.6) is 0 Å². The highest BCUT2D eigenvalue weighted by molar-refractivity contribution is 4.93. The zero-order chi connectivity index (χ0) is 12.1. The third kappa shape index (κ3) is 3.05. The Morgan fingerprint density at radius 1 is 1.12 bits per heavy atom. The normalized spacial score (nSPS) is 39.2. The molecular weight excluding hydrogens is 206 g/mol. The summed E-state index contributed by atoms with van der Waals surface area (Å²) in [6, 6.07) is 0. The molecule has 1 saturated carbocycles. The summed E-state index contributed by atoms with van der Waals surface area (Å²) in [6.45, 7) is 7.31. The van der Waals surface area contributed by atoms with Gasteiger partial charge in [-0.25, -0.2) is 0 Å². The molecule has 0 aromatic rings. The molecular formula is C16H31N. The first-order valence-electron chi connectivity index (χ1n) is 8.01. The van der Waals surface area contributed by atoms with E-state index in [0.717, 1.165) is 17.3 Å². The van der Waals surface area contributed by atoms with Crippen molar-refractivity contribution in [3.8, 4) is 0 Å².